The summed E-state index contributed by atoms with van der Waals surface area (Å²) in [5, 5.41) is 16.7. The quantitative estimate of drug-likeness (QED) is 0.144. The van der Waals surface area contributed by atoms with Crippen molar-refractivity contribution in [1.29, 1.82) is 0 Å². The first-order valence-electron chi connectivity index (χ1n) is 25.9. The van der Waals surface area contributed by atoms with Crippen molar-refractivity contribution >= 4 is 160 Å². The van der Waals surface area contributed by atoms with Crippen molar-refractivity contribution in [3.63, 3.8) is 0 Å². The van der Waals surface area contributed by atoms with E-state index in [0.717, 1.165) is 38.5 Å². The van der Waals surface area contributed by atoms with Gasteiger partial charge in [0.15, 0.2) is 0 Å². The van der Waals surface area contributed by atoms with Gasteiger partial charge >= 0.3 is 0 Å². The molecule has 9 aromatic carbocycles. The fourth-order valence-electron chi connectivity index (χ4n) is 13.4. The van der Waals surface area contributed by atoms with Crippen LogP contribution in [0.2, 0.25) is 0 Å². The summed E-state index contributed by atoms with van der Waals surface area (Å²) >= 11 is 5.86. The number of thiophene rings is 3. The standard InChI is InChI=1S/C66H53N3S3/c1-7-15-36-32-45(64-46(33-36)59-49(68(64)5)27-29-52-60(59)43-19-11-13-23-51(43)70-52)41-20-14-21-44-61-53(72-66(41)44)30-28-50-62(61)57-37(16-8-2)24-25-40(65(57)69(50)6)39-34-38(17-9-3)56-55(35-39)71-54-31-26-48-58(63(54)56)42-18-10-12-22-47(42)67(48)4/h10-14,18-35H,7-9,15-17H2,1-6H3. The van der Waals surface area contributed by atoms with Gasteiger partial charge in [0.25, 0.3) is 0 Å². The number of hydrogen-bond donors (Lipinski definition) is 0. The molecule has 0 unspecified atom stereocenters. The van der Waals surface area contributed by atoms with Gasteiger partial charge in [-0.05, 0) is 108 Å². The number of fused-ring (bicyclic) bond motifs is 21. The van der Waals surface area contributed by atoms with Gasteiger partial charge in [-0.3, -0.25) is 0 Å². The fourth-order valence-corrected chi connectivity index (χ4v) is 17.0. The van der Waals surface area contributed by atoms with E-state index in [-0.39, 0.29) is 0 Å². The van der Waals surface area contributed by atoms with Crippen molar-refractivity contribution in [2.45, 2.75) is 59.3 Å². The molecule has 0 N–H and O–H groups in total. The van der Waals surface area contributed by atoms with Crippen LogP contribution in [0.5, 0.6) is 0 Å². The molecule has 0 fully saturated rings. The van der Waals surface area contributed by atoms with Crippen molar-refractivity contribution in [1.82, 2.24) is 13.7 Å². The average molecular weight is 984 g/mol. The number of aryl methyl sites for hydroxylation is 6. The van der Waals surface area contributed by atoms with Crippen LogP contribution in [0.3, 0.4) is 0 Å². The van der Waals surface area contributed by atoms with E-state index in [0.29, 0.717) is 0 Å². The van der Waals surface area contributed by atoms with Crippen molar-refractivity contribution in [3.05, 3.63) is 156 Å². The molecule has 6 aromatic heterocycles. The lowest BCUT2D eigenvalue weighted by Crippen LogP contribution is -1.94. The van der Waals surface area contributed by atoms with Gasteiger partial charge in [-0.1, -0.05) is 113 Å². The molecule has 15 rings (SSSR count). The van der Waals surface area contributed by atoms with Gasteiger partial charge in [0.1, 0.15) is 0 Å². The van der Waals surface area contributed by atoms with E-state index >= 15 is 0 Å². The molecule has 0 aliphatic rings. The first-order chi connectivity index (χ1) is 35.3. The summed E-state index contributed by atoms with van der Waals surface area (Å²) in [5.74, 6) is 0. The number of rotatable bonds is 8. The maximum Gasteiger partial charge on any atom is 0.0571 e. The molecular formula is C66H53N3S3. The monoisotopic (exact) mass is 983 g/mol. The van der Waals surface area contributed by atoms with Gasteiger partial charge in [0.2, 0.25) is 0 Å². The van der Waals surface area contributed by atoms with Crippen LogP contribution in [0.1, 0.15) is 56.7 Å². The molecule has 72 heavy (non-hydrogen) atoms. The van der Waals surface area contributed by atoms with Crippen LogP contribution in [-0.2, 0) is 40.4 Å². The van der Waals surface area contributed by atoms with E-state index < -0.39 is 0 Å². The van der Waals surface area contributed by atoms with Crippen molar-refractivity contribution in [2.75, 3.05) is 0 Å². The Morgan fingerprint density at radius 3 is 1.79 bits per heavy atom. The lowest BCUT2D eigenvalue weighted by molar-refractivity contribution is 0.923. The minimum atomic E-state index is 1.03. The molecule has 0 atom stereocenters. The van der Waals surface area contributed by atoms with Crippen LogP contribution < -0.4 is 0 Å². The molecule has 0 radical (unpaired) electrons. The van der Waals surface area contributed by atoms with Crippen LogP contribution in [0.25, 0.3) is 148 Å². The highest BCUT2D eigenvalue weighted by molar-refractivity contribution is 7.27. The zero-order valence-corrected chi connectivity index (χ0v) is 44.0. The maximum absolute atomic E-state index is 2.56. The summed E-state index contributed by atoms with van der Waals surface area (Å²) in [7, 11) is 6.83. The van der Waals surface area contributed by atoms with Crippen LogP contribution in [0.4, 0.5) is 0 Å². The van der Waals surface area contributed by atoms with Gasteiger partial charge in [0.05, 0.1) is 11.0 Å². The number of para-hydroxylation sites is 1. The minimum Gasteiger partial charge on any atom is -0.344 e. The first kappa shape index (κ1) is 42.7. The summed E-state index contributed by atoms with van der Waals surface area (Å²) in [5.41, 5.74) is 17.5. The second-order valence-electron chi connectivity index (χ2n) is 20.5. The van der Waals surface area contributed by atoms with E-state index in [4.69, 9.17) is 0 Å². The van der Waals surface area contributed by atoms with E-state index in [1.807, 2.05) is 34.0 Å². The molecule has 15 aromatic rings. The van der Waals surface area contributed by atoms with Gasteiger partial charge in [0, 0.05) is 153 Å². The average Bonchev–Trinajstić information content (AvgIpc) is 4.24. The Labute approximate surface area is 429 Å². The number of nitrogens with zero attached hydrogens (tertiary/aromatic N) is 3. The first-order valence-corrected chi connectivity index (χ1v) is 28.4. The largest absolute Gasteiger partial charge is 0.344 e. The number of benzene rings is 9. The Kier molecular flexibility index (Phi) is 9.35. The highest BCUT2D eigenvalue weighted by Gasteiger charge is 2.26. The third kappa shape index (κ3) is 5.72. The predicted molar refractivity (Wildman–Crippen MR) is 320 cm³/mol. The molecule has 0 bridgehead atoms. The van der Waals surface area contributed by atoms with Gasteiger partial charge in [-0.15, -0.1) is 34.0 Å². The summed E-state index contributed by atoms with van der Waals surface area (Å²) in [4.78, 5) is 0. The highest BCUT2D eigenvalue weighted by atomic mass is 32.1. The van der Waals surface area contributed by atoms with Crippen molar-refractivity contribution < 1.29 is 0 Å². The lowest BCUT2D eigenvalue weighted by atomic mass is 9.92. The molecule has 0 saturated carbocycles. The molecule has 6 heteroatoms. The second kappa shape index (κ2) is 15.8. The van der Waals surface area contributed by atoms with E-state index in [1.54, 1.807) is 0 Å². The Bertz CT molecular complexity index is 4830. The van der Waals surface area contributed by atoms with Gasteiger partial charge in [-0.2, -0.15) is 0 Å². The normalized spacial score (nSPS) is 12.6. The minimum absolute atomic E-state index is 1.03. The van der Waals surface area contributed by atoms with Gasteiger partial charge < -0.3 is 13.7 Å². The number of hydrogen-bond acceptors (Lipinski definition) is 3. The topological polar surface area (TPSA) is 14.8 Å². The van der Waals surface area contributed by atoms with E-state index in [1.165, 1.54) is 165 Å². The molecule has 0 aliphatic carbocycles. The third-order valence-corrected chi connectivity index (χ3v) is 19.8. The smallest absolute Gasteiger partial charge is 0.0571 e. The Hall–Kier alpha value is -6.96. The summed E-state index contributed by atoms with van der Waals surface area (Å²) in [6.45, 7) is 6.98. The van der Waals surface area contributed by atoms with Gasteiger partial charge in [-0.25, -0.2) is 0 Å². The summed E-state index contributed by atoms with van der Waals surface area (Å²) in [6, 6.07) is 54.4. The molecular weight excluding hydrogens is 931 g/mol. The molecule has 350 valence electrons. The Balaban J connectivity index is 0.992. The molecule has 0 saturated heterocycles. The van der Waals surface area contributed by atoms with Crippen LogP contribution >= 0.6 is 34.0 Å². The Morgan fingerprint density at radius 2 is 0.986 bits per heavy atom. The van der Waals surface area contributed by atoms with E-state index in [9.17, 15) is 0 Å². The summed E-state index contributed by atoms with van der Waals surface area (Å²) in [6.07, 6.45) is 6.41. The van der Waals surface area contributed by atoms with Crippen LogP contribution in [-0.4, -0.2) is 13.7 Å². The van der Waals surface area contributed by atoms with E-state index in [2.05, 4.69) is 195 Å². The SMILES string of the molecule is CCCc1cc(-c2cccc3c2sc2ccc4c(c5c(CCC)ccc(-c6cc(CCC)c7c(c6)sc6ccc8c(c9ccccc9n8C)c67)c5n4C)c23)c2c(c1)c1c3c(ccc1n2C)sc1ccccc13. The predicted octanol–water partition coefficient (Wildman–Crippen LogP) is 19.9. The lowest BCUT2D eigenvalue weighted by Gasteiger charge is -2.13. The molecule has 3 nitrogen and oxygen atoms in total. The van der Waals surface area contributed by atoms with Crippen molar-refractivity contribution in [2.24, 2.45) is 21.1 Å². The second-order valence-corrected chi connectivity index (χ2v) is 23.7. The zero-order valence-electron chi connectivity index (χ0n) is 41.6. The van der Waals surface area contributed by atoms with Crippen LogP contribution in [0, 0.1) is 0 Å². The third-order valence-electron chi connectivity index (χ3n) is 16.4. The highest BCUT2D eigenvalue weighted by Crippen LogP contribution is 2.52. The van der Waals surface area contributed by atoms with Crippen molar-refractivity contribution in [3.8, 4) is 22.3 Å². The Morgan fingerprint density at radius 1 is 0.347 bits per heavy atom. The molecule has 0 amide bonds. The number of aromatic nitrogens is 3. The molecule has 6 heterocycles. The maximum atomic E-state index is 2.56. The zero-order chi connectivity index (χ0) is 48.3. The fraction of sp³-hybridized carbons (Fsp3) is 0.182. The van der Waals surface area contributed by atoms with Crippen LogP contribution in [0.15, 0.2) is 140 Å². The molecule has 0 spiro atoms. The molecule has 0 aliphatic heterocycles. The summed E-state index contributed by atoms with van der Waals surface area (Å²) < 4.78 is 15.6.